The molecule has 0 bridgehead atoms. The van der Waals surface area contributed by atoms with Gasteiger partial charge in [-0.15, -0.1) is 11.8 Å². The Hall–Kier alpha value is -2.25. The molecule has 6 N–H and O–H groups in total. The smallest absolute Gasteiger partial charge is 0.469 e. The zero-order valence-corrected chi connectivity index (χ0v) is 33.9. The zero-order chi connectivity index (χ0) is 39.7. The van der Waals surface area contributed by atoms with Crippen LogP contribution in [0.15, 0.2) is 48.6 Å². The highest BCUT2D eigenvalue weighted by Crippen LogP contribution is 2.36. The van der Waals surface area contributed by atoms with E-state index in [2.05, 4.69) is 37.4 Å². The average molecular weight is 790 g/mol. The summed E-state index contributed by atoms with van der Waals surface area (Å²) < 4.78 is 26.4. The van der Waals surface area contributed by atoms with Crippen molar-refractivity contribution in [2.45, 2.75) is 153 Å². The van der Waals surface area contributed by atoms with Gasteiger partial charge < -0.3 is 35.2 Å². The Balaban J connectivity index is 5.05. The van der Waals surface area contributed by atoms with Crippen LogP contribution < -0.4 is 5.73 Å². The van der Waals surface area contributed by atoms with Crippen LogP contribution in [0.3, 0.4) is 0 Å². The number of aliphatic hydroxyl groups is 1. The van der Waals surface area contributed by atoms with E-state index in [9.17, 15) is 24.1 Å². The number of rotatable bonds is 34. The van der Waals surface area contributed by atoms with Crippen LogP contribution in [0.5, 0.6) is 0 Å². The number of phosphoric acid groups is 1. The number of aliphatic carboxylic acids is 1. The van der Waals surface area contributed by atoms with E-state index >= 15 is 0 Å². The van der Waals surface area contributed by atoms with Gasteiger partial charge in [0.2, 0.25) is 0 Å². The summed E-state index contributed by atoms with van der Waals surface area (Å²) >= 11 is 1.18. The first-order valence-corrected chi connectivity index (χ1v) is 21.8. The molecule has 53 heavy (non-hydrogen) atoms. The Kier molecular flexibility index (Phi) is 31.7. The van der Waals surface area contributed by atoms with Crippen molar-refractivity contribution in [3.63, 3.8) is 0 Å². The molecule has 0 aromatic rings. The molecule has 0 fully saturated rings. The molecule has 14 heteroatoms. The second-order valence-corrected chi connectivity index (χ2v) is 16.0. The first-order valence-electron chi connectivity index (χ1n) is 19.2. The monoisotopic (exact) mass is 789 g/mol. The van der Waals surface area contributed by atoms with Crippen molar-refractivity contribution >= 4 is 37.5 Å². The van der Waals surface area contributed by atoms with Crippen LogP contribution >= 0.6 is 19.6 Å². The van der Waals surface area contributed by atoms with Gasteiger partial charge in [0.15, 0.2) is 6.10 Å². The Morgan fingerprint density at radius 3 is 2.15 bits per heavy atom. The summed E-state index contributed by atoms with van der Waals surface area (Å²) in [5.74, 6) is -1.68. The summed E-state index contributed by atoms with van der Waals surface area (Å²) in [5, 5.41) is 19.3. The number of ether oxygens (including phenoxy) is 2. The fourth-order valence-electron chi connectivity index (χ4n) is 4.98. The molecule has 0 aliphatic heterocycles. The number of esters is 2. The normalized spacial score (nSPS) is 14.8. The minimum absolute atomic E-state index is 0.00161. The van der Waals surface area contributed by atoms with Crippen molar-refractivity contribution in [1.29, 1.82) is 0 Å². The van der Waals surface area contributed by atoms with E-state index in [-0.39, 0.29) is 31.4 Å². The van der Waals surface area contributed by atoms with E-state index in [1.54, 1.807) is 18.2 Å². The molecule has 12 nitrogen and oxygen atoms in total. The number of carboxylic acids is 1. The number of carbonyl (C=O) groups excluding carboxylic acids is 2. The van der Waals surface area contributed by atoms with Gasteiger partial charge in [0.25, 0.3) is 0 Å². The molecule has 0 saturated carbocycles. The fraction of sp³-hybridized carbons (Fsp3) is 0.718. The van der Waals surface area contributed by atoms with Crippen LogP contribution in [-0.4, -0.2) is 80.4 Å². The molecule has 0 aromatic carbocycles. The van der Waals surface area contributed by atoms with Crippen molar-refractivity contribution in [1.82, 2.24) is 0 Å². The second kappa shape index (κ2) is 33.1. The predicted molar refractivity (Wildman–Crippen MR) is 212 cm³/mol. The minimum Gasteiger partial charge on any atom is -0.481 e. The summed E-state index contributed by atoms with van der Waals surface area (Å²) in [6, 6.07) is -1.20. The van der Waals surface area contributed by atoms with Crippen LogP contribution in [0, 0.1) is 5.92 Å². The number of thioether (sulfide) groups is 1. The molecule has 0 aromatic heterocycles. The van der Waals surface area contributed by atoms with Gasteiger partial charge in [0, 0.05) is 23.8 Å². The lowest BCUT2D eigenvalue weighted by molar-refractivity contribution is -0.161. The lowest BCUT2D eigenvalue weighted by atomic mass is 10.0. The number of hydrogen-bond acceptors (Lipinski definition) is 10. The van der Waals surface area contributed by atoms with Gasteiger partial charge in [-0.25, -0.2) is 4.57 Å². The molecule has 0 radical (unpaired) electrons. The Labute approximate surface area is 322 Å². The first kappa shape index (κ1) is 50.8. The second-order valence-electron chi connectivity index (χ2n) is 13.6. The van der Waals surface area contributed by atoms with Crippen LogP contribution in [0.1, 0.15) is 130 Å². The number of carboxylic acid groups (broad SMARTS) is 1. The van der Waals surface area contributed by atoms with Crippen molar-refractivity contribution in [2.75, 3.05) is 19.0 Å². The number of allylic oxidation sites excluding steroid dienone is 7. The molecule has 4 atom stereocenters. The van der Waals surface area contributed by atoms with Crippen LogP contribution in [0.4, 0.5) is 0 Å². The number of aliphatic hydroxyl groups excluding tert-OH is 1. The maximum atomic E-state index is 12.9. The maximum absolute atomic E-state index is 12.9. The third-order valence-corrected chi connectivity index (χ3v) is 9.92. The highest BCUT2D eigenvalue weighted by Gasteiger charge is 2.27. The van der Waals surface area contributed by atoms with Gasteiger partial charge in [0.1, 0.15) is 12.6 Å². The summed E-state index contributed by atoms with van der Waals surface area (Å²) in [5.41, 5.74) is 6.10. The van der Waals surface area contributed by atoms with Crippen LogP contribution in [-0.2, 0) is 32.9 Å². The molecule has 0 amide bonds. The van der Waals surface area contributed by atoms with E-state index in [4.69, 9.17) is 30.1 Å². The van der Waals surface area contributed by atoms with Gasteiger partial charge in [-0.2, -0.15) is 0 Å². The number of hydrogen-bond donors (Lipinski definition) is 5. The third kappa shape index (κ3) is 34.0. The van der Waals surface area contributed by atoms with Crippen molar-refractivity contribution in [3.05, 3.63) is 48.6 Å². The van der Waals surface area contributed by atoms with Crippen molar-refractivity contribution < 1.29 is 52.9 Å². The van der Waals surface area contributed by atoms with Crippen LogP contribution in [0.25, 0.3) is 0 Å². The summed E-state index contributed by atoms with van der Waals surface area (Å²) in [6.07, 6.45) is 27.7. The van der Waals surface area contributed by atoms with Gasteiger partial charge in [-0.1, -0.05) is 127 Å². The van der Waals surface area contributed by atoms with E-state index < -0.39 is 62.4 Å². The molecule has 0 spiro atoms. The quantitative estimate of drug-likeness (QED) is 0.0138. The average Bonchev–Trinajstić information content (AvgIpc) is 3.09. The Morgan fingerprint density at radius 1 is 0.811 bits per heavy atom. The molecule has 306 valence electrons. The van der Waals surface area contributed by atoms with Gasteiger partial charge in [-0.3, -0.25) is 18.9 Å². The SMILES string of the molecule is CCCCC/C=C\C\C=C/C=C/C=C/[C@@H](SC[C@H](N)C(=O)O[C@H](COC(=O)CCCCCCCCCC(C)C)COP(=O)(O)O)[C@@H](O)CCCC(=O)O. The number of carbonyl (C=O) groups is 3. The number of phosphoric ester groups is 1. The van der Waals surface area contributed by atoms with E-state index in [1.807, 2.05) is 18.2 Å². The standard InChI is InChI=1S/C39H68NO11PS/c1-4-5-6-7-8-9-10-11-12-15-18-21-26-36(35(41)25-23-27-37(42)43)53-31-34(40)39(45)51-33(30-50-52(46,47)48)29-49-38(44)28-22-19-16-13-14-17-20-24-32(2)3/h8-9,11-12,15,18,21,26,32-36,41H,4-7,10,13-14,16-17,19-20,22-25,27-31,40H2,1-3H3,(H,42,43)(H2,46,47,48)/b9-8-,12-11-,18-15+,26-21+/t33-,34+,35+,36-/m1/s1. The van der Waals surface area contributed by atoms with E-state index in [1.165, 1.54) is 56.7 Å². The Morgan fingerprint density at radius 2 is 1.49 bits per heavy atom. The molecule has 0 heterocycles. The molecule has 0 saturated heterocycles. The minimum atomic E-state index is -4.91. The molecule has 0 rings (SSSR count). The summed E-state index contributed by atoms with van der Waals surface area (Å²) in [7, 11) is -4.91. The molecular formula is C39H68NO11PS. The van der Waals surface area contributed by atoms with Gasteiger partial charge in [0.05, 0.1) is 12.7 Å². The third-order valence-electron chi connectivity index (χ3n) is 8.03. The Bertz CT molecular complexity index is 1140. The predicted octanol–water partition coefficient (Wildman–Crippen LogP) is 7.96. The molecule has 0 aliphatic rings. The van der Waals surface area contributed by atoms with Crippen molar-refractivity contribution in [2.24, 2.45) is 11.7 Å². The molecule has 0 aliphatic carbocycles. The van der Waals surface area contributed by atoms with Gasteiger partial charge >= 0.3 is 25.7 Å². The molecule has 0 unspecified atom stereocenters. The van der Waals surface area contributed by atoms with Gasteiger partial charge in [-0.05, 0) is 44.4 Å². The summed E-state index contributed by atoms with van der Waals surface area (Å²) in [6.45, 7) is 5.43. The van der Waals surface area contributed by atoms with Crippen LogP contribution in [0.2, 0.25) is 0 Å². The van der Waals surface area contributed by atoms with Crippen molar-refractivity contribution in [3.8, 4) is 0 Å². The lowest BCUT2D eigenvalue weighted by Gasteiger charge is -2.23. The summed E-state index contributed by atoms with van der Waals surface area (Å²) in [4.78, 5) is 54.5. The largest absolute Gasteiger partial charge is 0.481 e. The lowest BCUT2D eigenvalue weighted by Crippen LogP contribution is -2.40. The van der Waals surface area contributed by atoms with E-state index in [0.717, 1.165) is 38.0 Å². The maximum Gasteiger partial charge on any atom is 0.469 e. The zero-order valence-electron chi connectivity index (χ0n) is 32.2. The van der Waals surface area contributed by atoms with E-state index in [0.29, 0.717) is 6.42 Å². The number of unbranched alkanes of at least 4 members (excludes halogenated alkanes) is 9. The number of nitrogens with two attached hydrogens (primary N) is 1. The first-order chi connectivity index (χ1) is 25.2. The highest BCUT2D eigenvalue weighted by atomic mass is 32.2. The highest BCUT2D eigenvalue weighted by molar-refractivity contribution is 8.00. The topological polar surface area (TPSA) is 203 Å². The molecular weight excluding hydrogens is 721 g/mol. The fourth-order valence-corrected chi connectivity index (χ4v) is 6.47.